The van der Waals surface area contributed by atoms with E-state index in [1.807, 2.05) is 0 Å². The molecular weight excluding hydrogens is 134 g/mol. The van der Waals surface area contributed by atoms with Crippen LogP contribution in [0.4, 0.5) is 0 Å². The van der Waals surface area contributed by atoms with Gasteiger partial charge < -0.3 is 0 Å². The van der Waals surface area contributed by atoms with E-state index in [0.29, 0.717) is 0 Å². The maximum atomic E-state index is 3.12. The Balaban J connectivity index is 3.44. The highest BCUT2D eigenvalue weighted by molar-refractivity contribution is 4.99. The molecule has 1 heteroatoms. The van der Waals surface area contributed by atoms with Crippen molar-refractivity contribution in [2.75, 3.05) is 20.1 Å². The fourth-order valence-corrected chi connectivity index (χ4v) is 1.00. The van der Waals surface area contributed by atoms with E-state index in [-0.39, 0.29) is 0 Å². The maximum Gasteiger partial charge on any atom is 0.0599 e. The van der Waals surface area contributed by atoms with Gasteiger partial charge in [-0.15, -0.1) is 5.92 Å². The summed E-state index contributed by atoms with van der Waals surface area (Å²) in [7, 11) is 2.12. The molecule has 0 aromatic heterocycles. The lowest BCUT2D eigenvalue weighted by Gasteiger charge is -2.15. The van der Waals surface area contributed by atoms with Gasteiger partial charge in [-0.1, -0.05) is 26.7 Å². The molecule has 0 rings (SSSR count). The first-order valence-corrected chi connectivity index (χ1v) is 4.31. The summed E-state index contributed by atoms with van der Waals surface area (Å²) in [5.41, 5.74) is 0. The van der Waals surface area contributed by atoms with Gasteiger partial charge in [0, 0.05) is 13.0 Å². The molecule has 0 aliphatic carbocycles. The first-order chi connectivity index (χ1) is 5.16. The van der Waals surface area contributed by atoms with Gasteiger partial charge in [-0.25, -0.2) is 0 Å². The molecule has 0 aliphatic rings. The summed E-state index contributed by atoms with van der Waals surface area (Å²) < 4.78 is 0. The van der Waals surface area contributed by atoms with Gasteiger partial charge in [0.05, 0.1) is 6.54 Å². The molecule has 0 unspecified atom stereocenters. The van der Waals surface area contributed by atoms with Crippen LogP contribution in [0.2, 0.25) is 0 Å². The van der Waals surface area contributed by atoms with Gasteiger partial charge in [-0.2, -0.15) is 0 Å². The van der Waals surface area contributed by atoms with Crippen molar-refractivity contribution in [3.63, 3.8) is 0 Å². The van der Waals surface area contributed by atoms with Gasteiger partial charge in [0.2, 0.25) is 0 Å². The Morgan fingerprint density at radius 1 is 1.27 bits per heavy atom. The second kappa shape index (κ2) is 6.24. The van der Waals surface area contributed by atoms with Crippen LogP contribution in [0.15, 0.2) is 0 Å². The maximum absolute atomic E-state index is 3.12. The highest BCUT2D eigenvalue weighted by atomic mass is 15.1. The lowest BCUT2D eigenvalue weighted by molar-refractivity contribution is 0.328. The van der Waals surface area contributed by atoms with Crippen molar-refractivity contribution in [3.05, 3.63) is 0 Å². The van der Waals surface area contributed by atoms with Crippen LogP contribution in [0.3, 0.4) is 0 Å². The van der Waals surface area contributed by atoms with Crippen molar-refractivity contribution in [2.24, 2.45) is 5.92 Å². The van der Waals surface area contributed by atoms with E-state index in [9.17, 15) is 0 Å². The van der Waals surface area contributed by atoms with Gasteiger partial charge in [-0.05, 0) is 13.0 Å². The normalized spacial score (nSPS) is 10.0. The molecule has 1 nitrogen and oxygen atoms in total. The monoisotopic (exact) mass is 153 g/mol. The number of hydrogen-bond donors (Lipinski definition) is 0. The van der Waals surface area contributed by atoms with Crippen LogP contribution in [-0.2, 0) is 0 Å². The molecule has 0 saturated carbocycles. The highest BCUT2D eigenvalue weighted by Gasteiger charge is 1.97. The zero-order chi connectivity index (χ0) is 8.69. The van der Waals surface area contributed by atoms with Crippen LogP contribution >= 0.6 is 0 Å². The van der Waals surface area contributed by atoms with E-state index < -0.39 is 0 Å². The summed E-state index contributed by atoms with van der Waals surface area (Å²) in [6.07, 6.45) is 0.968. The van der Waals surface area contributed by atoms with Crippen molar-refractivity contribution in [2.45, 2.75) is 27.2 Å². The second-order valence-corrected chi connectivity index (χ2v) is 3.30. The van der Waals surface area contributed by atoms with Gasteiger partial charge >= 0.3 is 0 Å². The number of hydrogen-bond acceptors (Lipinski definition) is 1. The topological polar surface area (TPSA) is 3.24 Å². The van der Waals surface area contributed by atoms with Crippen LogP contribution in [0, 0.1) is 17.8 Å². The molecule has 0 atom stereocenters. The van der Waals surface area contributed by atoms with Crippen molar-refractivity contribution in [1.82, 2.24) is 4.90 Å². The third-order valence-electron chi connectivity index (χ3n) is 1.33. The Morgan fingerprint density at radius 3 is 2.36 bits per heavy atom. The minimum atomic E-state index is 0.739. The highest BCUT2D eigenvalue weighted by Crippen LogP contribution is 1.93. The smallest absolute Gasteiger partial charge is 0.0599 e. The predicted octanol–water partition coefficient (Wildman–Crippen LogP) is 1.99. The molecule has 0 radical (unpaired) electrons. The zero-order valence-electron chi connectivity index (χ0n) is 8.15. The molecule has 0 amide bonds. The molecule has 0 N–H and O–H groups in total. The summed E-state index contributed by atoms with van der Waals surface area (Å²) in [5, 5.41) is 0. The first-order valence-electron chi connectivity index (χ1n) is 4.31. The molecule has 0 fully saturated rings. The van der Waals surface area contributed by atoms with Gasteiger partial charge in [0.25, 0.3) is 0 Å². The van der Waals surface area contributed by atoms with Crippen LogP contribution in [0.1, 0.15) is 27.2 Å². The van der Waals surface area contributed by atoms with Crippen LogP contribution in [-0.4, -0.2) is 25.0 Å². The molecular formula is C10H19N. The lowest BCUT2D eigenvalue weighted by Crippen LogP contribution is -2.23. The summed E-state index contributed by atoms with van der Waals surface area (Å²) >= 11 is 0. The fraction of sp³-hybridized carbons (Fsp3) is 0.800. The quantitative estimate of drug-likeness (QED) is 0.560. The zero-order valence-corrected chi connectivity index (χ0v) is 8.15. The third kappa shape index (κ3) is 7.42. The van der Waals surface area contributed by atoms with Gasteiger partial charge in [-0.3, -0.25) is 4.90 Å². The van der Waals surface area contributed by atoms with Gasteiger partial charge in [0.1, 0.15) is 0 Å². The molecule has 0 saturated heterocycles. The van der Waals surface area contributed by atoms with Crippen molar-refractivity contribution in [3.8, 4) is 11.8 Å². The largest absolute Gasteiger partial charge is 0.295 e. The van der Waals surface area contributed by atoms with Crippen molar-refractivity contribution < 1.29 is 0 Å². The van der Waals surface area contributed by atoms with Crippen LogP contribution in [0.25, 0.3) is 0 Å². The van der Waals surface area contributed by atoms with Gasteiger partial charge in [0.15, 0.2) is 0 Å². The molecule has 64 valence electrons. The number of nitrogens with zero attached hydrogens (tertiary/aromatic N) is 1. The van der Waals surface area contributed by atoms with Crippen LogP contribution < -0.4 is 0 Å². The predicted molar refractivity (Wildman–Crippen MR) is 50.4 cm³/mol. The SMILES string of the molecule is CCC#CCN(C)CC(C)C. The summed E-state index contributed by atoms with van der Waals surface area (Å²) in [4.78, 5) is 2.26. The Hall–Kier alpha value is -0.480. The summed E-state index contributed by atoms with van der Waals surface area (Å²) in [6, 6.07) is 0. The van der Waals surface area contributed by atoms with E-state index in [4.69, 9.17) is 0 Å². The van der Waals surface area contributed by atoms with E-state index in [0.717, 1.165) is 25.4 Å². The van der Waals surface area contributed by atoms with E-state index in [1.54, 1.807) is 0 Å². The average molecular weight is 153 g/mol. The van der Waals surface area contributed by atoms with E-state index >= 15 is 0 Å². The first kappa shape index (κ1) is 10.5. The van der Waals surface area contributed by atoms with Crippen molar-refractivity contribution >= 4 is 0 Å². The van der Waals surface area contributed by atoms with Crippen LogP contribution in [0.5, 0.6) is 0 Å². The Labute approximate surface area is 70.8 Å². The standard InChI is InChI=1S/C10H19N/c1-5-6-7-8-11(4)9-10(2)3/h10H,5,8-9H2,1-4H3. The lowest BCUT2D eigenvalue weighted by atomic mass is 10.2. The molecule has 0 spiro atoms. The Morgan fingerprint density at radius 2 is 1.91 bits per heavy atom. The molecule has 11 heavy (non-hydrogen) atoms. The van der Waals surface area contributed by atoms with E-state index in [2.05, 4.69) is 44.6 Å². The Bertz CT molecular complexity index is 139. The third-order valence-corrected chi connectivity index (χ3v) is 1.33. The summed E-state index contributed by atoms with van der Waals surface area (Å²) in [5.74, 6) is 6.92. The molecule has 0 aromatic carbocycles. The summed E-state index contributed by atoms with van der Waals surface area (Å²) in [6.45, 7) is 8.58. The second-order valence-electron chi connectivity index (χ2n) is 3.30. The fourth-order valence-electron chi connectivity index (χ4n) is 1.00. The minimum absolute atomic E-state index is 0.739. The molecule has 0 aliphatic heterocycles. The van der Waals surface area contributed by atoms with Crippen molar-refractivity contribution in [1.29, 1.82) is 0 Å². The minimum Gasteiger partial charge on any atom is -0.295 e. The number of rotatable bonds is 3. The van der Waals surface area contributed by atoms with E-state index in [1.165, 1.54) is 0 Å². The average Bonchev–Trinajstić information content (AvgIpc) is 1.86. The molecule has 0 aromatic rings. The molecule has 0 bridgehead atoms. The molecule has 0 heterocycles. The Kier molecular flexibility index (Phi) is 5.97.